The summed E-state index contributed by atoms with van der Waals surface area (Å²) < 4.78 is 6.78. The molecule has 0 aromatic carbocycles. The third-order valence-corrected chi connectivity index (χ3v) is 3.13. The molecule has 2 aromatic rings. The number of carbonyl (C=O) groups is 1. The standard InChI is InChI=1S/C13H15ClN2O2/c1-3-9-7-10(16(4-2)15-9)8-12(17)11-5-6-18-13(11)14/h5-7H,3-4,8H2,1-2H3. The monoisotopic (exact) mass is 266 g/mol. The van der Waals surface area contributed by atoms with Crippen molar-refractivity contribution in [1.29, 1.82) is 0 Å². The first-order valence-corrected chi connectivity index (χ1v) is 6.35. The Balaban J connectivity index is 2.21. The van der Waals surface area contributed by atoms with Crippen LogP contribution in [0, 0.1) is 0 Å². The van der Waals surface area contributed by atoms with Crippen LogP contribution in [0.4, 0.5) is 0 Å². The lowest BCUT2D eigenvalue weighted by molar-refractivity contribution is 0.0990. The molecule has 96 valence electrons. The van der Waals surface area contributed by atoms with E-state index >= 15 is 0 Å². The van der Waals surface area contributed by atoms with Crippen LogP contribution in [0.3, 0.4) is 0 Å². The first kappa shape index (κ1) is 12.9. The van der Waals surface area contributed by atoms with E-state index in [2.05, 4.69) is 5.10 Å². The van der Waals surface area contributed by atoms with Gasteiger partial charge in [0, 0.05) is 12.2 Å². The number of hydrogen-bond acceptors (Lipinski definition) is 3. The van der Waals surface area contributed by atoms with E-state index in [9.17, 15) is 4.79 Å². The first-order valence-electron chi connectivity index (χ1n) is 5.97. The fourth-order valence-corrected chi connectivity index (χ4v) is 2.08. The molecule has 0 saturated carbocycles. The van der Waals surface area contributed by atoms with E-state index in [0.717, 1.165) is 24.4 Å². The maximum absolute atomic E-state index is 12.1. The Hall–Kier alpha value is -1.55. The van der Waals surface area contributed by atoms with Crippen LogP contribution in [0.15, 0.2) is 22.8 Å². The van der Waals surface area contributed by atoms with E-state index in [0.29, 0.717) is 12.0 Å². The minimum Gasteiger partial charge on any atom is -0.452 e. The SMILES string of the molecule is CCc1cc(CC(=O)c2ccoc2Cl)n(CC)n1. The molecule has 2 rings (SSSR count). The average molecular weight is 267 g/mol. The second kappa shape index (κ2) is 5.40. The highest BCUT2D eigenvalue weighted by molar-refractivity contribution is 6.32. The number of rotatable bonds is 5. The number of aromatic nitrogens is 2. The highest BCUT2D eigenvalue weighted by atomic mass is 35.5. The summed E-state index contributed by atoms with van der Waals surface area (Å²) in [6, 6.07) is 3.56. The second-order valence-corrected chi connectivity index (χ2v) is 4.35. The van der Waals surface area contributed by atoms with E-state index < -0.39 is 0 Å². The molecule has 0 unspecified atom stereocenters. The van der Waals surface area contributed by atoms with Gasteiger partial charge in [0.25, 0.3) is 0 Å². The van der Waals surface area contributed by atoms with Gasteiger partial charge in [0.15, 0.2) is 5.78 Å². The summed E-state index contributed by atoms with van der Waals surface area (Å²) in [6.07, 6.45) is 2.57. The maximum Gasteiger partial charge on any atom is 0.203 e. The van der Waals surface area contributed by atoms with Crippen molar-refractivity contribution >= 4 is 17.4 Å². The van der Waals surface area contributed by atoms with Crippen molar-refractivity contribution in [2.24, 2.45) is 0 Å². The Labute approximate surface area is 111 Å². The molecule has 0 spiro atoms. The van der Waals surface area contributed by atoms with Gasteiger partial charge in [-0.05, 0) is 37.1 Å². The summed E-state index contributed by atoms with van der Waals surface area (Å²) >= 11 is 5.80. The number of hydrogen-bond donors (Lipinski definition) is 0. The number of ketones is 1. The second-order valence-electron chi connectivity index (χ2n) is 4.00. The van der Waals surface area contributed by atoms with E-state index in [1.165, 1.54) is 6.26 Å². The van der Waals surface area contributed by atoms with Crippen LogP contribution in [0.25, 0.3) is 0 Å². The zero-order valence-corrected chi connectivity index (χ0v) is 11.2. The van der Waals surface area contributed by atoms with E-state index in [1.54, 1.807) is 6.07 Å². The van der Waals surface area contributed by atoms with Crippen molar-refractivity contribution in [2.45, 2.75) is 33.2 Å². The minimum atomic E-state index is -0.0500. The average Bonchev–Trinajstić information content (AvgIpc) is 2.95. The molecule has 0 amide bonds. The topological polar surface area (TPSA) is 48.0 Å². The summed E-state index contributed by atoms with van der Waals surface area (Å²) in [5.74, 6) is -0.0500. The zero-order valence-electron chi connectivity index (χ0n) is 10.4. The molecule has 0 radical (unpaired) electrons. The Bertz CT molecular complexity index is 557. The van der Waals surface area contributed by atoms with Crippen LogP contribution in [0.5, 0.6) is 0 Å². The molecule has 2 heterocycles. The Morgan fingerprint density at radius 2 is 2.28 bits per heavy atom. The lowest BCUT2D eigenvalue weighted by Crippen LogP contribution is -2.09. The molecule has 0 aliphatic rings. The van der Waals surface area contributed by atoms with Crippen LogP contribution in [0.1, 0.15) is 35.6 Å². The number of halogens is 1. The van der Waals surface area contributed by atoms with Crippen molar-refractivity contribution in [3.63, 3.8) is 0 Å². The lowest BCUT2D eigenvalue weighted by Gasteiger charge is -2.02. The number of aryl methyl sites for hydroxylation is 2. The van der Waals surface area contributed by atoms with Crippen LogP contribution in [0.2, 0.25) is 5.22 Å². The summed E-state index contributed by atoms with van der Waals surface area (Å²) in [5.41, 5.74) is 2.34. The molecule has 18 heavy (non-hydrogen) atoms. The molecule has 0 aliphatic heterocycles. The van der Waals surface area contributed by atoms with Gasteiger partial charge in [-0.25, -0.2) is 0 Å². The van der Waals surface area contributed by atoms with Gasteiger partial charge in [-0.3, -0.25) is 9.48 Å². The zero-order chi connectivity index (χ0) is 13.1. The predicted octanol–water partition coefficient (Wildman–Crippen LogP) is 3.14. The van der Waals surface area contributed by atoms with Crippen LogP contribution < -0.4 is 0 Å². The molecule has 5 heteroatoms. The summed E-state index contributed by atoms with van der Waals surface area (Å²) in [5, 5.41) is 4.56. The molecule has 0 N–H and O–H groups in total. The molecular formula is C13H15ClN2O2. The molecular weight excluding hydrogens is 252 g/mol. The van der Waals surface area contributed by atoms with Gasteiger partial charge in [0.05, 0.1) is 23.9 Å². The van der Waals surface area contributed by atoms with Gasteiger partial charge in [0.1, 0.15) is 0 Å². The number of Topliss-reactive ketones (excluding diaryl/α,β-unsaturated/α-hetero) is 1. The molecule has 0 fully saturated rings. The normalized spacial score (nSPS) is 10.8. The number of nitrogens with zero attached hydrogens (tertiary/aromatic N) is 2. The molecule has 0 atom stereocenters. The van der Waals surface area contributed by atoms with E-state index in [4.69, 9.17) is 16.0 Å². The Morgan fingerprint density at radius 3 is 2.83 bits per heavy atom. The summed E-state index contributed by atoms with van der Waals surface area (Å²) in [7, 11) is 0. The van der Waals surface area contributed by atoms with Crippen LogP contribution in [-0.2, 0) is 19.4 Å². The van der Waals surface area contributed by atoms with Crippen LogP contribution in [-0.4, -0.2) is 15.6 Å². The Morgan fingerprint density at radius 1 is 1.50 bits per heavy atom. The van der Waals surface area contributed by atoms with E-state index in [1.807, 2.05) is 24.6 Å². The van der Waals surface area contributed by atoms with Crippen molar-refractivity contribution in [3.8, 4) is 0 Å². The third-order valence-electron chi connectivity index (χ3n) is 2.84. The Kier molecular flexibility index (Phi) is 3.87. The maximum atomic E-state index is 12.1. The molecule has 4 nitrogen and oxygen atoms in total. The highest BCUT2D eigenvalue weighted by Crippen LogP contribution is 2.19. The van der Waals surface area contributed by atoms with Crippen molar-refractivity contribution < 1.29 is 9.21 Å². The molecule has 0 aliphatic carbocycles. The third kappa shape index (κ3) is 2.48. The van der Waals surface area contributed by atoms with Crippen molar-refractivity contribution in [2.75, 3.05) is 0 Å². The van der Waals surface area contributed by atoms with Gasteiger partial charge in [-0.2, -0.15) is 5.10 Å². The van der Waals surface area contributed by atoms with Crippen LogP contribution >= 0.6 is 11.6 Å². The minimum absolute atomic E-state index is 0.0500. The van der Waals surface area contributed by atoms with Gasteiger partial charge >= 0.3 is 0 Å². The van der Waals surface area contributed by atoms with Gasteiger partial charge < -0.3 is 4.42 Å². The molecule has 0 saturated heterocycles. The molecule has 2 aromatic heterocycles. The van der Waals surface area contributed by atoms with E-state index in [-0.39, 0.29) is 11.0 Å². The number of furan rings is 1. The van der Waals surface area contributed by atoms with Gasteiger partial charge in [-0.15, -0.1) is 0 Å². The predicted molar refractivity (Wildman–Crippen MR) is 69.0 cm³/mol. The lowest BCUT2D eigenvalue weighted by atomic mass is 10.1. The van der Waals surface area contributed by atoms with Gasteiger partial charge in [-0.1, -0.05) is 6.92 Å². The quantitative estimate of drug-likeness (QED) is 0.781. The van der Waals surface area contributed by atoms with Crippen molar-refractivity contribution in [1.82, 2.24) is 9.78 Å². The molecule has 0 bridgehead atoms. The largest absolute Gasteiger partial charge is 0.452 e. The fraction of sp³-hybridized carbons (Fsp3) is 0.385. The first-order chi connectivity index (χ1) is 8.65. The smallest absolute Gasteiger partial charge is 0.203 e. The van der Waals surface area contributed by atoms with Gasteiger partial charge in [0.2, 0.25) is 5.22 Å². The fourth-order valence-electron chi connectivity index (χ4n) is 1.86. The number of carbonyl (C=O) groups excluding carboxylic acids is 1. The summed E-state index contributed by atoms with van der Waals surface area (Å²) in [6.45, 7) is 4.80. The summed E-state index contributed by atoms with van der Waals surface area (Å²) in [4.78, 5) is 12.1. The highest BCUT2D eigenvalue weighted by Gasteiger charge is 2.16. The van der Waals surface area contributed by atoms with Crippen molar-refractivity contribution in [3.05, 3.63) is 40.6 Å².